The third-order valence-electron chi connectivity index (χ3n) is 5.13. The van der Waals surface area contributed by atoms with Crippen LogP contribution in [-0.4, -0.2) is 46.6 Å². The van der Waals surface area contributed by atoms with Crippen molar-refractivity contribution >= 4 is 5.91 Å². The topological polar surface area (TPSA) is 65.8 Å². The van der Waals surface area contributed by atoms with E-state index in [0.29, 0.717) is 42.6 Å². The summed E-state index contributed by atoms with van der Waals surface area (Å²) < 4.78 is 18.8. The number of carbonyl (C=O) groups excluding carboxylic acids is 1. The van der Waals surface area contributed by atoms with E-state index in [1.807, 2.05) is 15.6 Å². The van der Waals surface area contributed by atoms with Crippen LogP contribution in [0.2, 0.25) is 0 Å². The fraction of sp³-hybridized carbons (Fsp3) is 0.474. The highest BCUT2D eigenvalue weighted by Crippen LogP contribution is 2.33. The fourth-order valence-electron chi connectivity index (χ4n) is 3.44. The lowest BCUT2D eigenvalue weighted by atomic mass is 10.1. The molecule has 3 aliphatic rings. The zero-order valence-corrected chi connectivity index (χ0v) is 14.5. The van der Waals surface area contributed by atoms with Crippen molar-refractivity contribution in [3.8, 4) is 11.5 Å². The van der Waals surface area contributed by atoms with E-state index in [-0.39, 0.29) is 18.8 Å². The quantitative estimate of drug-likeness (QED) is 0.840. The minimum Gasteiger partial charge on any atom is -0.454 e. The van der Waals surface area contributed by atoms with Gasteiger partial charge in [0.1, 0.15) is 0 Å². The van der Waals surface area contributed by atoms with Crippen LogP contribution in [0.15, 0.2) is 30.5 Å². The van der Waals surface area contributed by atoms with Crippen molar-refractivity contribution < 1.29 is 19.0 Å². The molecule has 2 aromatic rings. The number of fused-ring (bicyclic) bond motifs is 2. The molecule has 1 fully saturated rings. The Morgan fingerprint density at radius 2 is 2.08 bits per heavy atom. The summed E-state index contributed by atoms with van der Waals surface area (Å²) in [5.74, 6) is 1.96. The van der Waals surface area contributed by atoms with Gasteiger partial charge < -0.3 is 19.1 Å². The van der Waals surface area contributed by atoms with Crippen molar-refractivity contribution in [3.05, 3.63) is 41.7 Å². The van der Waals surface area contributed by atoms with Gasteiger partial charge >= 0.3 is 0 Å². The molecule has 2 aliphatic heterocycles. The lowest BCUT2D eigenvalue weighted by molar-refractivity contribution is 0.0136. The average molecular weight is 355 g/mol. The third kappa shape index (κ3) is 3.03. The van der Waals surface area contributed by atoms with Crippen molar-refractivity contribution in [2.45, 2.75) is 32.0 Å². The van der Waals surface area contributed by atoms with Gasteiger partial charge in [0.25, 0.3) is 5.91 Å². The molecule has 0 saturated heterocycles. The molecule has 7 nitrogen and oxygen atoms in total. The number of ether oxygens (including phenoxy) is 3. The van der Waals surface area contributed by atoms with E-state index in [2.05, 4.69) is 5.10 Å². The average Bonchev–Trinajstić information content (AvgIpc) is 3.25. The normalized spacial score (nSPS) is 21.4. The molecular formula is C19H21N3O4. The number of aromatic nitrogens is 2. The van der Waals surface area contributed by atoms with Gasteiger partial charge in [0.15, 0.2) is 11.5 Å². The molecule has 1 aromatic heterocycles. The SMILES string of the molecule is O=C(c1ccc2c(c1)OCO2)N1Cc2ccnn2C[C@@H](OCC2CC2)C1. The van der Waals surface area contributed by atoms with Crippen molar-refractivity contribution in [1.82, 2.24) is 14.7 Å². The predicted octanol–water partition coefficient (Wildman–Crippen LogP) is 2.06. The van der Waals surface area contributed by atoms with Gasteiger partial charge in [0.2, 0.25) is 6.79 Å². The third-order valence-corrected chi connectivity index (χ3v) is 5.13. The number of amides is 1. The molecule has 1 atom stereocenters. The van der Waals surface area contributed by atoms with E-state index in [0.717, 1.165) is 12.3 Å². The molecule has 26 heavy (non-hydrogen) atoms. The largest absolute Gasteiger partial charge is 0.454 e. The Balaban J connectivity index is 1.38. The summed E-state index contributed by atoms with van der Waals surface area (Å²) in [7, 11) is 0. The maximum absolute atomic E-state index is 13.1. The second-order valence-corrected chi connectivity index (χ2v) is 7.16. The molecule has 3 heterocycles. The molecule has 1 amide bonds. The first-order valence-electron chi connectivity index (χ1n) is 9.07. The van der Waals surface area contributed by atoms with Crippen LogP contribution in [0.1, 0.15) is 28.9 Å². The second kappa shape index (κ2) is 6.32. The van der Waals surface area contributed by atoms with Crippen LogP contribution in [0.5, 0.6) is 11.5 Å². The smallest absolute Gasteiger partial charge is 0.254 e. The predicted molar refractivity (Wildman–Crippen MR) is 92.0 cm³/mol. The molecular weight excluding hydrogens is 334 g/mol. The number of rotatable bonds is 4. The van der Waals surface area contributed by atoms with Gasteiger partial charge in [-0.05, 0) is 43.0 Å². The highest BCUT2D eigenvalue weighted by Gasteiger charge is 2.29. The second-order valence-electron chi connectivity index (χ2n) is 7.16. The summed E-state index contributed by atoms with van der Waals surface area (Å²) in [6, 6.07) is 7.30. The van der Waals surface area contributed by atoms with E-state index in [1.54, 1.807) is 24.4 Å². The maximum Gasteiger partial charge on any atom is 0.254 e. The molecule has 0 spiro atoms. The van der Waals surface area contributed by atoms with Gasteiger partial charge in [-0.3, -0.25) is 9.48 Å². The standard InChI is InChI=1S/C19H21N3O4/c23-19(14-3-4-17-18(7-14)26-12-25-17)21-8-15-5-6-20-22(15)10-16(9-21)24-11-13-1-2-13/h3-7,13,16H,1-2,8-12H2/t16-/m0/s1. The summed E-state index contributed by atoms with van der Waals surface area (Å²) in [6.45, 7) is 2.74. The van der Waals surface area contributed by atoms with Gasteiger partial charge in [0, 0.05) is 24.9 Å². The molecule has 0 radical (unpaired) electrons. The number of hydrogen-bond donors (Lipinski definition) is 0. The number of benzene rings is 1. The van der Waals surface area contributed by atoms with Crippen LogP contribution >= 0.6 is 0 Å². The first kappa shape index (κ1) is 15.7. The molecule has 1 saturated carbocycles. The van der Waals surface area contributed by atoms with E-state index < -0.39 is 0 Å². The van der Waals surface area contributed by atoms with E-state index in [9.17, 15) is 4.79 Å². The highest BCUT2D eigenvalue weighted by atomic mass is 16.7. The Kier molecular flexibility index (Phi) is 3.81. The lowest BCUT2D eigenvalue weighted by Crippen LogP contribution is -2.37. The van der Waals surface area contributed by atoms with Crippen LogP contribution < -0.4 is 9.47 Å². The number of nitrogens with zero attached hydrogens (tertiary/aromatic N) is 3. The van der Waals surface area contributed by atoms with Gasteiger partial charge in [-0.2, -0.15) is 5.10 Å². The fourth-order valence-corrected chi connectivity index (χ4v) is 3.44. The monoisotopic (exact) mass is 355 g/mol. The molecule has 7 heteroatoms. The van der Waals surface area contributed by atoms with E-state index >= 15 is 0 Å². The minimum absolute atomic E-state index is 0.0297. The molecule has 0 bridgehead atoms. The Morgan fingerprint density at radius 1 is 1.19 bits per heavy atom. The number of carbonyl (C=O) groups is 1. The van der Waals surface area contributed by atoms with E-state index in [1.165, 1.54) is 12.8 Å². The first-order valence-corrected chi connectivity index (χ1v) is 9.07. The van der Waals surface area contributed by atoms with Gasteiger partial charge in [-0.1, -0.05) is 0 Å². The van der Waals surface area contributed by atoms with Crippen molar-refractivity contribution in [1.29, 1.82) is 0 Å². The van der Waals surface area contributed by atoms with Crippen LogP contribution in [0, 0.1) is 5.92 Å². The first-order chi connectivity index (χ1) is 12.8. The van der Waals surface area contributed by atoms with Crippen LogP contribution in [0.4, 0.5) is 0 Å². The summed E-state index contributed by atoms with van der Waals surface area (Å²) in [5, 5.41) is 4.39. The van der Waals surface area contributed by atoms with Crippen molar-refractivity contribution in [2.24, 2.45) is 5.92 Å². The van der Waals surface area contributed by atoms with Gasteiger partial charge in [-0.15, -0.1) is 0 Å². The molecule has 1 aliphatic carbocycles. The Morgan fingerprint density at radius 3 is 2.96 bits per heavy atom. The van der Waals surface area contributed by atoms with Crippen molar-refractivity contribution in [2.75, 3.05) is 19.9 Å². The maximum atomic E-state index is 13.1. The summed E-state index contributed by atoms with van der Waals surface area (Å²) >= 11 is 0. The number of hydrogen-bond acceptors (Lipinski definition) is 5. The highest BCUT2D eigenvalue weighted by molar-refractivity contribution is 5.95. The molecule has 0 unspecified atom stereocenters. The zero-order chi connectivity index (χ0) is 17.5. The zero-order valence-electron chi connectivity index (χ0n) is 14.5. The lowest BCUT2D eigenvalue weighted by Gasteiger charge is -2.24. The Bertz CT molecular complexity index is 830. The molecule has 1 aromatic carbocycles. The van der Waals surface area contributed by atoms with Crippen LogP contribution in [0.25, 0.3) is 0 Å². The Labute approximate surface area is 151 Å². The molecule has 136 valence electrons. The molecule has 5 rings (SSSR count). The van der Waals surface area contributed by atoms with Crippen LogP contribution in [-0.2, 0) is 17.8 Å². The van der Waals surface area contributed by atoms with Crippen molar-refractivity contribution in [3.63, 3.8) is 0 Å². The Hall–Kier alpha value is -2.54. The summed E-state index contributed by atoms with van der Waals surface area (Å²) in [4.78, 5) is 15.0. The van der Waals surface area contributed by atoms with Gasteiger partial charge in [-0.25, -0.2) is 0 Å². The minimum atomic E-state index is -0.0466. The van der Waals surface area contributed by atoms with E-state index in [4.69, 9.17) is 14.2 Å². The summed E-state index contributed by atoms with van der Waals surface area (Å²) in [6.07, 6.45) is 4.23. The van der Waals surface area contributed by atoms with Crippen LogP contribution in [0.3, 0.4) is 0 Å². The molecule has 0 N–H and O–H groups in total. The van der Waals surface area contributed by atoms with Gasteiger partial charge in [0.05, 0.1) is 24.9 Å². The summed E-state index contributed by atoms with van der Waals surface area (Å²) in [5.41, 5.74) is 1.62.